The first-order chi connectivity index (χ1) is 20.5. The number of rotatable bonds is 10. The molecule has 0 unspecified atom stereocenters. The summed E-state index contributed by atoms with van der Waals surface area (Å²) < 4.78 is 48.0. The monoisotopic (exact) mass is 596 g/mol. The van der Waals surface area contributed by atoms with Crippen molar-refractivity contribution in [2.45, 2.75) is 26.6 Å². The van der Waals surface area contributed by atoms with Crippen molar-refractivity contribution in [3.63, 3.8) is 0 Å². The highest BCUT2D eigenvalue weighted by Gasteiger charge is 2.34. The van der Waals surface area contributed by atoms with E-state index in [1.54, 1.807) is 38.4 Å². The van der Waals surface area contributed by atoms with E-state index in [2.05, 4.69) is 37.4 Å². The van der Waals surface area contributed by atoms with Crippen molar-refractivity contribution in [1.29, 1.82) is 0 Å². The van der Waals surface area contributed by atoms with Gasteiger partial charge in [-0.3, -0.25) is 9.69 Å². The quantitative estimate of drug-likeness (QED) is 0.227. The van der Waals surface area contributed by atoms with E-state index in [4.69, 9.17) is 10.5 Å². The van der Waals surface area contributed by atoms with Crippen molar-refractivity contribution < 1.29 is 22.7 Å². The van der Waals surface area contributed by atoms with E-state index in [0.717, 1.165) is 25.7 Å². The normalized spacial score (nSPS) is 15.1. The smallest absolute Gasteiger partial charge is 0.416 e. The molecule has 0 aliphatic carbocycles. The number of nitrogens with one attached hydrogen (secondary N) is 2. The van der Waals surface area contributed by atoms with Crippen molar-refractivity contribution in [3.8, 4) is 11.6 Å². The van der Waals surface area contributed by atoms with Gasteiger partial charge in [0.05, 0.1) is 5.56 Å². The summed E-state index contributed by atoms with van der Waals surface area (Å²) in [6.45, 7) is 8.02. The standard InChI is InChI=1S/C30H35F3N8O2/c1-4-40-11-13-41(14-12-40)18-22-7-8-23(16-24(22)30(31,32)33)38-29(42)21-6-5-20(2)25(15-21)43-28-17-27(36-19-37-28)39-26(34)9-10-35-3/h5-10,15-17,19,35H,4,11-14,18H2,1-3H3,(H,38,42)(H2,34,36,37,39)/b10-9-. The second-order valence-corrected chi connectivity index (χ2v) is 9.99. The first kappa shape index (κ1) is 31.4. The van der Waals surface area contributed by atoms with Gasteiger partial charge in [-0.2, -0.15) is 13.2 Å². The molecule has 2 heterocycles. The molecular formula is C30H35F3N8O2. The zero-order chi connectivity index (χ0) is 31.0. The number of anilines is 1. The Morgan fingerprint density at radius 2 is 1.84 bits per heavy atom. The fraction of sp³-hybridized carbons (Fsp3) is 0.333. The fourth-order valence-corrected chi connectivity index (χ4v) is 4.51. The van der Waals surface area contributed by atoms with Crippen molar-refractivity contribution >= 4 is 23.2 Å². The van der Waals surface area contributed by atoms with Gasteiger partial charge in [0.1, 0.15) is 17.9 Å². The molecule has 1 saturated heterocycles. The zero-order valence-corrected chi connectivity index (χ0v) is 24.3. The number of carbonyl (C=O) groups excluding carboxylic acids is 1. The molecule has 0 spiro atoms. The number of nitrogens with zero attached hydrogens (tertiary/aromatic N) is 5. The van der Waals surface area contributed by atoms with Gasteiger partial charge in [-0.15, -0.1) is 0 Å². The van der Waals surface area contributed by atoms with Gasteiger partial charge in [0.25, 0.3) is 5.91 Å². The molecule has 4 N–H and O–H groups in total. The van der Waals surface area contributed by atoms with E-state index >= 15 is 0 Å². The molecule has 0 saturated carbocycles. The van der Waals surface area contributed by atoms with Gasteiger partial charge in [0.15, 0.2) is 5.82 Å². The lowest BCUT2D eigenvalue weighted by molar-refractivity contribution is -0.138. The van der Waals surface area contributed by atoms with E-state index < -0.39 is 17.6 Å². The zero-order valence-electron chi connectivity index (χ0n) is 24.3. The highest BCUT2D eigenvalue weighted by molar-refractivity contribution is 6.04. The average Bonchev–Trinajstić information content (AvgIpc) is 2.98. The van der Waals surface area contributed by atoms with E-state index in [9.17, 15) is 18.0 Å². The van der Waals surface area contributed by atoms with Gasteiger partial charge in [-0.25, -0.2) is 15.0 Å². The van der Waals surface area contributed by atoms with Crippen molar-refractivity contribution in [2.24, 2.45) is 10.7 Å². The van der Waals surface area contributed by atoms with Gasteiger partial charge in [0, 0.05) is 57.1 Å². The number of piperazine rings is 1. The van der Waals surface area contributed by atoms with Gasteiger partial charge in [-0.05, 0) is 61.1 Å². The number of carbonyl (C=O) groups is 1. The van der Waals surface area contributed by atoms with Crippen molar-refractivity contribution in [2.75, 3.05) is 45.1 Å². The van der Waals surface area contributed by atoms with Gasteiger partial charge in [0.2, 0.25) is 5.88 Å². The van der Waals surface area contributed by atoms with E-state index in [1.807, 2.05) is 4.90 Å². The van der Waals surface area contributed by atoms with Crippen molar-refractivity contribution in [1.82, 2.24) is 25.1 Å². The summed E-state index contributed by atoms with van der Waals surface area (Å²) in [4.78, 5) is 29.7. The van der Waals surface area contributed by atoms with Crippen LogP contribution in [0.15, 0.2) is 66.1 Å². The number of aliphatic imine (C=N–C) groups is 1. The highest BCUT2D eigenvalue weighted by atomic mass is 19.4. The molecular weight excluding hydrogens is 561 g/mol. The molecule has 228 valence electrons. The Morgan fingerprint density at radius 3 is 2.53 bits per heavy atom. The summed E-state index contributed by atoms with van der Waals surface area (Å²) in [5, 5.41) is 5.40. The van der Waals surface area contributed by atoms with Crippen molar-refractivity contribution in [3.05, 3.63) is 83.3 Å². The number of hydrogen-bond acceptors (Lipinski definition) is 8. The van der Waals surface area contributed by atoms with Crippen LogP contribution in [-0.2, 0) is 12.7 Å². The van der Waals surface area contributed by atoms with E-state index in [0.29, 0.717) is 24.4 Å². The van der Waals surface area contributed by atoms with Crippen LogP contribution in [0.4, 0.5) is 24.7 Å². The van der Waals surface area contributed by atoms with E-state index in [1.165, 1.54) is 30.6 Å². The molecule has 1 amide bonds. The predicted molar refractivity (Wildman–Crippen MR) is 160 cm³/mol. The number of aromatic nitrogens is 2. The lowest BCUT2D eigenvalue weighted by atomic mass is 10.0. The van der Waals surface area contributed by atoms with Gasteiger partial charge in [-0.1, -0.05) is 19.1 Å². The Morgan fingerprint density at radius 1 is 1.09 bits per heavy atom. The molecule has 0 radical (unpaired) electrons. The minimum Gasteiger partial charge on any atom is -0.439 e. The number of likely N-dealkylation sites (N-methyl/N-ethyl adjacent to an activating group) is 1. The molecule has 13 heteroatoms. The summed E-state index contributed by atoms with van der Waals surface area (Å²) in [6.07, 6.45) is -0.123. The van der Waals surface area contributed by atoms with Crippen LogP contribution >= 0.6 is 0 Å². The largest absolute Gasteiger partial charge is 0.439 e. The summed E-state index contributed by atoms with van der Waals surface area (Å²) in [5.74, 6) is 0.394. The maximum atomic E-state index is 14.0. The number of halogens is 3. The Labute approximate surface area is 248 Å². The minimum atomic E-state index is -4.57. The number of ether oxygens (including phenoxy) is 1. The number of benzene rings is 2. The first-order valence-electron chi connectivity index (χ1n) is 13.8. The topological polar surface area (TPSA) is 121 Å². The summed E-state index contributed by atoms with van der Waals surface area (Å²) in [7, 11) is 1.73. The summed E-state index contributed by atoms with van der Waals surface area (Å²) in [5.41, 5.74) is 6.20. The number of alkyl halides is 3. The fourth-order valence-electron chi connectivity index (χ4n) is 4.51. The molecule has 1 fully saturated rings. The molecule has 2 aromatic carbocycles. The molecule has 10 nitrogen and oxygen atoms in total. The SMILES string of the molecule is CCN1CCN(Cc2ccc(NC(=O)c3ccc(C)c(Oc4cc(/N=C(N)\C=C/NC)ncn4)c3)cc2C(F)(F)F)CC1. The maximum Gasteiger partial charge on any atom is 0.416 e. The molecule has 3 aromatic rings. The van der Waals surface area contributed by atoms with Crippen LogP contribution in [0.25, 0.3) is 0 Å². The molecule has 1 aromatic heterocycles. The lowest BCUT2D eigenvalue weighted by Gasteiger charge is -2.34. The third-order valence-electron chi connectivity index (χ3n) is 6.94. The summed E-state index contributed by atoms with van der Waals surface area (Å²) >= 11 is 0. The van der Waals surface area contributed by atoms with Gasteiger partial charge < -0.3 is 26.0 Å². The second-order valence-electron chi connectivity index (χ2n) is 9.99. The number of hydrogen-bond donors (Lipinski definition) is 3. The number of aryl methyl sites for hydroxylation is 1. The molecule has 1 aliphatic heterocycles. The van der Waals surface area contributed by atoms with Crippen LogP contribution in [0.1, 0.15) is 34.0 Å². The Balaban J connectivity index is 1.49. The molecule has 0 bridgehead atoms. The van der Waals surface area contributed by atoms with Crippen LogP contribution in [0.5, 0.6) is 11.6 Å². The van der Waals surface area contributed by atoms with Gasteiger partial charge >= 0.3 is 6.18 Å². The van der Waals surface area contributed by atoms with Crippen LogP contribution < -0.4 is 21.1 Å². The first-order valence-corrected chi connectivity index (χ1v) is 13.8. The van der Waals surface area contributed by atoms with Crippen LogP contribution in [-0.4, -0.2) is 71.3 Å². The Bertz CT molecular complexity index is 1480. The third-order valence-corrected chi connectivity index (χ3v) is 6.94. The number of nitrogens with two attached hydrogens (primary N) is 1. The summed E-state index contributed by atoms with van der Waals surface area (Å²) in [6, 6.07) is 10.1. The van der Waals surface area contributed by atoms with Crippen LogP contribution in [0.2, 0.25) is 0 Å². The minimum absolute atomic E-state index is 0.0446. The Kier molecular flexibility index (Phi) is 10.3. The second kappa shape index (κ2) is 14.1. The molecule has 4 rings (SSSR count). The van der Waals surface area contributed by atoms with E-state index in [-0.39, 0.29) is 40.9 Å². The van der Waals surface area contributed by atoms with Crippen LogP contribution in [0, 0.1) is 6.92 Å². The molecule has 0 atom stereocenters. The number of amidine groups is 1. The average molecular weight is 597 g/mol. The molecule has 1 aliphatic rings. The number of amides is 1. The Hall–Kier alpha value is -4.49. The highest BCUT2D eigenvalue weighted by Crippen LogP contribution is 2.35. The maximum absolute atomic E-state index is 14.0. The molecule has 43 heavy (non-hydrogen) atoms. The van der Waals surface area contributed by atoms with Crippen LogP contribution in [0.3, 0.4) is 0 Å². The lowest BCUT2D eigenvalue weighted by Crippen LogP contribution is -2.45. The predicted octanol–water partition coefficient (Wildman–Crippen LogP) is 4.71. The third kappa shape index (κ3) is 8.75.